The first-order valence-electron chi connectivity index (χ1n) is 6.16. The standard InChI is InChI=1S/C14H24O/c1-2-3-4-5-6-7-8-9-10-11-12-13-14-15/h5-6,15H,2,7-14H2,1H3/b6-5-. The van der Waals surface area contributed by atoms with Crippen molar-refractivity contribution in [1.82, 2.24) is 0 Å². The second kappa shape index (κ2) is 13.3. The van der Waals surface area contributed by atoms with E-state index in [0.717, 1.165) is 19.3 Å². The summed E-state index contributed by atoms with van der Waals surface area (Å²) in [6, 6.07) is 0. The fraction of sp³-hybridized carbons (Fsp3) is 0.714. The number of aliphatic hydroxyl groups is 1. The van der Waals surface area contributed by atoms with Gasteiger partial charge in [-0.05, 0) is 25.3 Å². The number of rotatable bonds is 8. The third kappa shape index (κ3) is 13.3. The highest BCUT2D eigenvalue weighted by molar-refractivity contribution is 5.14. The first-order valence-corrected chi connectivity index (χ1v) is 6.16. The summed E-state index contributed by atoms with van der Waals surface area (Å²) < 4.78 is 0. The predicted octanol–water partition coefficient (Wildman–Crippen LogP) is 3.68. The summed E-state index contributed by atoms with van der Waals surface area (Å²) in [7, 11) is 0. The molecule has 0 aliphatic rings. The zero-order chi connectivity index (χ0) is 11.2. The van der Waals surface area contributed by atoms with Gasteiger partial charge in [0.15, 0.2) is 0 Å². The lowest BCUT2D eigenvalue weighted by atomic mass is 10.1. The largest absolute Gasteiger partial charge is 0.396 e. The Bertz CT molecular complexity index is 195. The van der Waals surface area contributed by atoms with Crippen LogP contribution in [0, 0.1) is 11.8 Å². The maximum absolute atomic E-state index is 8.59. The molecule has 0 saturated carbocycles. The van der Waals surface area contributed by atoms with Gasteiger partial charge in [0.2, 0.25) is 0 Å². The van der Waals surface area contributed by atoms with Crippen molar-refractivity contribution in [2.75, 3.05) is 6.61 Å². The highest BCUT2D eigenvalue weighted by atomic mass is 16.2. The summed E-state index contributed by atoms with van der Waals surface area (Å²) in [6.07, 6.45) is 13.5. The lowest BCUT2D eigenvalue weighted by molar-refractivity contribution is 0.282. The Hall–Kier alpha value is -0.740. The first kappa shape index (κ1) is 14.3. The molecule has 0 radical (unpaired) electrons. The molecule has 15 heavy (non-hydrogen) atoms. The topological polar surface area (TPSA) is 20.2 Å². The molecule has 0 spiro atoms. The summed E-state index contributed by atoms with van der Waals surface area (Å²) in [5.74, 6) is 6.01. The summed E-state index contributed by atoms with van der Waals surface area (Å²) in [5, 5.41) is 8.59. The minimum absolute atomic E-state index is 0.346. The van der Waals surface area contributed by atoms with Crippen molar-refractivity contribution in [3.63, 3.8) is 0 Å². The molecular weight excluding hydrogens is 184 g/mol. The van der Waals surface area contributed by atoms with E-state index in [-0.39, 0.29) is 0 Å². The molecule has 0 aliphatic carbocycles. The molecule has 0 saturated heterocycles. The molecular formula is C14H24O. The minimum atomic E-state index is 0.346. The molecule has 0 fully saturated rings. The predicted molar refractivity (Wildman–Crippen MR) is 66.6 cm³/mol. The van der Waals surface area contributed by atoms with Gasteiger partial charge in [0.1, 0.15) is 0 Å². The monoisotopic (exact) mass is 208 g/mol. The molecule has 0 heterocycles. The van der Waals surface area contributed by atoms with E-state index < -0.39 is 0 Å². The molecule has 1 heteroatoms. The van der Waals surface area contributed by atoms with E-state index in [9.17, 15) is 0 Å². The van der Waals surface area contributed by atoms with Crippen molar-refractivity contribution in [3.8, 4) is 11.8 Å². The summed E-state index contributed by atoms with van der Waals surface area (Å²) in [6.45, 7) is 2.41. The summed E-state index contributed by atoms with van der Waals surface area (Å²) in [5.41, 5.74) is 0. The normalized spacial score (nSPS) is 10.3. The molecule has 1 nitrogen and oxygen atoms in total. The molecule has 86 valence electrons. The average molecular weight is 208 g/mol. The van der Waals surface area contributed by atoms with Gasteiger partial charge in [-0.25, -0.2) is 0 Å². The Labute approximate surface area is 94.6 Å². The van der Waals surface area contributed by atoms with E-state index >= 15 is 0 Å². The molecule has 0 bridgehead atoms. The number of hydrogen-bond donors (Lipinski definition) is 1. The van der Waals surface area contributed by atoms with Gasteiger partial charge >= 0.3 is 0 Å². The van der Waals surface area contributed by atoms with Gasteiger partial charge in [0.25, 0.3) is 0 Å². The fourth-order valence-corrected chi connectivity index (χ4v) is 1.38. The molecule has 1 N–H and O–H groups in total. The van der Waals surface area contributed by atoms with Crippen molar-refractivity contribution < 1.29 is 5.11 Å². The lowest BCUT2D eigenvalue weighted by Gasteiger charge is -1.98. The van der Waals surface area contributed by atoms with Crippen LogP contribution in [0.25, 0.3) is 0 Å². The second-order valence-corrected chi connectivity index (χ2v) is 3.71. The lowest BCUT2D eigenvalue weighted by Crippen LogP contribution is -1.83. The van der Waals surface area contributed by atoms with Crippen LogP contribution in [0.3, 0.4) is 0 Å². The SMILES string of the molecule is CCC#C/C=C\CCCCCCCCO. The van der Waals surface area contributed by atoms with E-state index in [2.05, 4.69) is 24.8 Å². The van der Waals surface area contributed by atoms with Crippen molar-refractivity contribution in [2.24, 2.45) is 0 Å². The molecule has 0 atom stereocenters. The maximum Gasteiger partial charge on any atom is 0.0431 e. The van der Waals surface area contributed by atoms with Gasteiger partial charge in [-0.3, -0.25) is 0 Å². The third-order valence-corrected chi connectivity index (χ3v) is 2.26. The zero-order valence-corrected chi connectivity index (χ0v) is 9.97. The molecule has 0 aliphatic heterocycles. The van der Waals surface area contributed by atoms with Gasteiger partial charge in [-0.15, -0.1) is 0 Å². The average Bonchev–Trinajstić information content (AvgIpc) is 2.26. The van der Waals surface area contributed by atoms with Gasteiger partial charge < -0.3 is 5.11 Å². The van der Waals surface area contributed by atoms with Crippen molar-refractivity contribution >= 4 is 0 Å². The quantitative estimate of drug-likeness (QED) is 0.476. The third-order valence-electron chi connectivity index (χ3n) is 2.26. The Morgan fingerprint density at radius 1 is 1.00 bits per heavy atom. The molecule has 0 rings (SSSR count). The van der Waals surface area contributed by atoms with Crippen LogP contribution < -0.4 is 0 Å². The van der Waals surface area contributed by atoms with E-state index in [4.69, 9.17) is 5.11 Å². The second-order valence-electron chi connectivity index (χ2n) is 3.71. The van der Waals surface area contributed by atoms with Crippen LogP contribution in [0.5, 0.6) is 0 Å². The van der Waals surface area contributed by atoms with Crippen LogP contribution in [-0.2, 0) is 0 Å². The summed E-state index contributed by atoms with van der Waals surface area (Å²) >= 11 is 0. The van der Waals surface area contributed by atoms with Crippen LogP contribution in [0.4, 0.5) is 0 Å². The molecule has 0 aromatic rings. The number of hydrogen-bond acceptors (Lipinski definition) is 1. The Kier molecular flexibility index (Phi) is 12.6. The van der Waals surface area contributed by atoms with Gasteiger partial charge in [0.05, 0.1) is 0 Å². The van der Waals surface area contributed by atoms with Crippen LogP contribution in [0.2, 0.25) is 0 Å². The van der Waals surface area contributed by atoms with Crippen LogP contribution in [0.15, 0.2) is 12.2 Å². The van der Waals surface area contributed by atoms with Crippen molar-refractivity contribution in [1.29, 1.82) is 0 Å². The number of unbranched alkanes of at least 4 members (excludes halogenated alkanes) is 6. The van der Waals surface area contributed by atoms with E-state index in [0.29, 0.717) is 6.61 Å². The highest BCUT2D eigenvalue weighted by Gasteiger charge is 1.89. The Morgan fingerprint density at radius 3 is 2.33 bits per heavy atom. The van der Waals surface area contributed by atoms with Crippen LogP contribution >= 0.6 is 0 Å². The zero-order valence-electron chi connectivity index (χ0n) is 9.97. The minimum Gasteiger partial charge on any atom is -0.396 e. The molecule has 0 aromatic heterocycles. The number of aliphatic hydroxyl groups excluding tert-OH is 1. The van der Waals surface area contributed by atoms with E-state index in [1.165, 1.54) is 32.1 Å². The van der Waals surface area contributed by atoms with Crippen molar-refractivity contribution in [3.05, 3.63) is 12.2 Å². The van der Waals surface area contributed by atoms with Gasteiger partial charge in [-0.1, -0.05) is 50.5 Å². The highest BCUT2D eigenvalue weighted by Crippen LogP contribution is 2.06. The molecule has 0 amide bonds. The Balaban J connectivity index is 3.07. The van der Waals surface area contributed by atoms with Crippen molar-refractivity contribution in [2.45, 2.75) is 58.3 Å². The van der Waals surface area contributed by atoms with Gasteiger partial charge in [0, 0.05) is 13.0 Å². The van der Waals surface area contributed by atoms with E-state index in [1.54, 1.807) is 0 Å². The summed E-state index contributed by atoms with van der Waals surface area (Å²) in [4.78, 5) is 0. The van der Waals surface area contributed by atoms with Crippen LogP contribution in [-0.4, -0.2) is 11.7 Å². The Morgan fingerprint density at radius 2 is 1.67 bits per heavy atom. The maximum atomic E-state index is 8.59. The number of allylic oxidation sites excluding steroid dienone is 2. The fourth-order valence-electron chi connectivity index (χ4n) is 1.38. The molecule has 0 aromatic carbocycles. The smallest absolute Gasteiger partial charge is 0.0431 e. The van der Waals surface area contributed by atoms with Crippen LogP contribution in [0.1, 0.15) is 58.3 Å². The van der Waals surface area contributed by atoms with Gasteiger partial charge in [-0.2, -0.15) is 0 Å². The van der Waals surface area contributed by atoms with E-state index in [1.807, 2.05) is 6.08 Å². The first-order chi connectivity index (χ1) is 7.41. The molecule has 0 unspecified atom stereocenters.